The van der Waals surface area contributed by atoms with Gasteiger partial charge in [0.05, 0.1) is 12.4 Å². The van der Waals surface area contributed by atoms with Crippen LogP contribution in [0.3, 0.4) is 0 Å². The van der Waals surface area contributed by atoms with Gasteiger partial charge in [0, 0.05) is 23.5 Å². The fourth-order valence-corrected chi connectivity index (χ4v) is 5.32. The van der Waals surface area contributed by atoms with E-state index in [0.29, 0.717) is 22.2 Å². The summed E-state index contributed by atoms with van der Waals surface area (Å²) in [6, 6.07) is 29.7. The van der Waals surface area contributed by atoms with Crippen molar-refractivity contribution in [3.05, 3.63) is 143 Å². The van der Waals surface area contributed by atoms with E-state index in [0.717, 1.165) is 22.3 Å². The third kappa shape index (κ3) is 6.77. The van der Waals surface area contributed by atoms with Gasteiger partial charge in [-0.2, -0.15) is 14.6 Å². The zero-order valence-corrected chi connectivity index (χ0v) is 25.2. The molecular weight excluding hydrogens is 611 g/mol. The lowest BCUT2D eigenvalue weighted by Crippen LogP contribution is -2.59. The summed E-state index contributed by atoms with van der Waals surface area (Å²) < 4.78 is 14.7. The number of hydrazone groups is 1. The lowest BCUT2D eigenvalue weighted by Gasteiger charge is -2.26. The Morgan fingerprint density at radius 2 is 1.76 bits per heavy atom. The van der Waals surface area contributed by atoms with E-state index in [4.69, 9.17) is 23.8 Å². The highest BCUT2D eigenvalue weighted by Crippen LogP contribution is 2.31. The van der Waals surface area contributed by atoms with Crippen LogP contribution in [-0.2, 0) is 11.3 Å². The van der Waals surface area contributed by atoms with Gasteiger partial charge in [0.15, 0.2) is 11.0 Å². The van der Waals surface area contributed by atoms with Gasteiger partial charge in [0.1, 0.15) is 17.5 Å². The molecule has 0 saturated carbocycles. The average molecular weight is 636 g/mol. The van der Waals surface area contributed by atoms with Gasteiger partial charge >= 0.3 is 11.8 Å². The van der Waals surface area contributed by atoms with Gasteiger partial charge in [0.25, 0.3) is 5.82 Å². The number of hydrogen-bond acceptors (Lipinski definition) is 5. The first-order valence-corrected chi connectivity index (χ1v) is 14.7. The van der Waals surface area contributed by atoms with Gasteiger partial charge < -0.3 is 5.32 Å². The molecule has 11 heteroatoms. The minimum Gasteiger partial charge on any atom is -0.331 e. The van der Waals surface area contributed by atoms with Crippen molar-refractivity contribution in [2.75, 3.05) is 10.2 Å². The SMILES string of the molecule is O=C1C(c2cccc(-c3cccc(/C=N/NC(=S)Nc4ccc(F)cc4)c3)c2)C(=O)[n+]2ccccc2N1Cc1ccc(Cl)nc1. The molecule has 3 heterocycles. The molecule has 45 heavy (non-hydrogen) atoms. The number of benzene rings is 3. The molecule has 1 unspecified atom stereocenters. The third-order valence-electron chi connectivity index (χ3n) is 7.16. The van der Waals surface area contributed by atoms with Crippen LogP contribution in [0.1, 0.15) is 27.4 Å². The largest absolute Gasteiger partial charge is 0.333 e. The van der Waals surface area contributed by atoms with E-state index in [1.807, 2.05) is 48.5 Å². The molecule has 5 aromatic rings. The van der Waals surface area contributed by atoms with Gasteiger partial charge in [-0.1, -0.05) is 60.1 Å². The van der Waals surface area contributed by atoms with Crippen molar-refractivity contribution in [2.24, 2.45) is 5.10 Å². The molecule has 0 bridgehead atoms. The topological polar surface area (TPSA) is 90.6 Å². The summed E-state index contributed by atoms with van der Waals surface area (Å²) in [4.78, 5) is 33.4. The van der Waals surface area contributed by atoms with Crippen LogP contribution in [0, 0.1) is 5.82 Å². The van der Waals surface area contributed by atoms with E-state index >= 15 is 0 Å². The van der Waals surface area contributed by atoms with Crippen molar-refractivity contribution in [2.45, 2.75) is 12.5 Å². The van der Waals surface area contributed by atoms with Crippen LogP contribution >= 0.6 is 23.8 Å². The van der Waals surface area contributed by atoms with Crippen molar-refractivity contribution in [3.8, 4) is 11.1 Å². The van der Waals surface area contributed by atoms with Crippen molar-refractivity contribution < 1.29 is 18.5 Å². The fourth-order valence-electron chi connectivity index (χ4n) is 5.03. The maximum absolute atomic E-state index is 14.0. The van der Waals surface area contributed by atoms with E-state index in [-0.39, 0.29) is 29.3 Å². The summed E-state index contributed by atoms with van der Waals surface area (Å²) in [5.41, 5.74) is 7.26. The second kappa shape index (κ2) is 13.1. The Labute approximate surface area is 268 Å². The van der Waals surface area contributed by atoms with Gasteiger partial charge in [0.2, 0.25) is 0 Å². The quantitative estimate of drug-likeness (QED) is 0.0559. The molecule has 0 saturated heterocycles. The molecule has 0 fully saturated rings. The lowest BCUT2D eigenvalue weighted by molar-refractivity contribution is -0.563. The summed E-state index contributed by atoms with van der Waals surface area (Å²) in [6.45, 7) is 0.231. The van der Waals surface area contributed by atoms with Gasteiger partial charge in [-0.15, -0.1) is 0 Å². The number of pyridine rings is 2. The Balaban J connectivity index is 1.22. The second-order valence-corrected chi connectivity index (χ2v) is 11.0. The monoisotopic (exact) mass is 635 g/mol. The zero-order chi connectivity index (χ0) is 31.3. The number of thiocarbonyl (C=S) groups is 1. The molecule has 0 spiro atoms. The average Bonchev–Trinajstić information content (AvgIpc) is 3.05. The summed E-state index contributed by atoms with van der Waals surface area (Å²) in [5, 5.41) is 7.75. The zero-order valence-electron chi connectivity index (χ0n) is 23.6. The number of carbonyl (C=O) groups is 2. The number of nitrogens with one attached hydrogen (secondary N) is 2. The number of carbonyl (C=O) groups excluding carboxylic acids is 2. The number of nitrogens with zero attached hydrogens (tertiary/aromatic N) is 4. The van der Waals surface area contributed by atoms with Gasteiger partial charge in [-0.3, -0.25) is 5.43 Å². The van der Waals surface area contributed by atoms with Crippen LogP contribution in [0.4, 0.5) is 15.9 Å². The standard InChI is InChI=1S/C34H24ClFN6O2S/c35-29-15-10-23(19-37-29)21-42-30-9-1-2-16-41(30)32(43)31(33(42)44)26-8-4-7-25(18-26)24-6-3-5-22(17-24)20-38-40-34(45)39-28-13-11-27(36)12-14-28/h1-20,31H,21H2,(H-,39,40,45)/p+1/b38-20+. The van der Waals surface area contributed by atoms with Crippen LogP contribution in [0.15, 0.2) is 121 Å². The molecule has 1 aliphatic rings. The van der Waals surface area contributed by atoms with E-state index in [2.05, 4.69) is 20.8 Å². The minimum atomic E-state index is -1.03. The van der Waals surface area contributed by atoms with E-state index in [1.165, 1.54) is 16.7 Å². The number of amides is 1. The molecular formula is C34H25ClFN6O2S+. The first-order chi connectivity index (χ1) is 21.9. The highest BCUT2D eigenvalue weighted by atomic mass is 35.5. The molecule has 1 aliphatic heterocycles. The molecule has 2 aromatic heterocycles. The molecule has 1 atom stereocenters. The Morgan fingerprint density at radius 1 is 0.978 bits per heavy atom. The summed E-state index contributed by atoms with van der Waals surface area (Å²) in [7, 11) is 0. The summed E-state index contributed by atoms with van der Waals surface area (Å²) in [5.74, 6) is -1.53. The Hall–Kier alpha value is -5.32. The molecule has 1 amide bonds. The highest BCUT2D eigenvalue weighted by molar-refractivity contribution is 7.80. The molecule has 2 N–H and O–H groups in total. The Kier molecular flexibility index (Phi) is 8.68. The molecule has 8 nitrogen and oxygen atoms in total. The molecule has 0 radical (unpaired) electrons. The smallest absolute Gasteiger partial charge is 0.331 e. The maximum atomic E-state index is 14.0. The van der Waals surface area contributed by atoms with Crippen LogP contribution < -0.4 is 20.2 Å². The third-order valence-corrected chi connectivity index (χ3v) is 7.58. The van der Waals surface area contributed by atoms with Gasteiger partial charge in [-0.05, 0) is 83.0 Å². The summed E-state index contributed by atoms with van der Waals surface area (Å²) in [6.07, 6.45) is 4.92. The van der Waals surface area contributed by atoms with E-state index in [9.17, 15) is 14.0 Å². The predicted molar refractivity (Wildman–Crippen MR) is 176 cm³/mol. The van der Waals surface area contributed by atoms with Crippen molar-refractivity contribution in [1.82, 2.24) is 10.4 Å². The highest BCUT2D eigenvalue weighted by Gasteiger charge is 2.47. The first kappa shape index (κ1) is 29.7. The van der Waals surface area contributed by atoms with Crippen LogP contribution in [0.5, 0.6) is 0 Å². The van der Waals surface area contributed by atoms with Crippen LogP contribution in [0.25, 0.3) is 11.1 Å². The van der Waals surface area contributed by atoms with Crippen molar-refractivity contribution >= 4 is 58.5 Å². The summed E-state index contributed by atoms with van der Waals surface area (Å²) >= 11 is 11.2. The Morgan fingerprint density at radius 3 is 2.53 bits per heavy atom. The van der Waals surface area contributed by atoms with Crippen molar-refractivity contribution in [1.29, 1.82) is 0 Å². The Bertz CT molecular complexity index is 1930. The minimum absolute atomic E-state index is 0.231. The van der Waals surface area contributed by atoms with Gasteiger partial charge in [-0.25, -0.2) is 19.0 Å². The molecule has 6 rings (SSSR count). The van der Waals surface area contributed by atoms with E-state index < -0.39 is 5.92 Å². The fraction of sp³-hybridized carbons (Fsp3) is 0.0588. The first-order valence-electron chi connectivity index (χ1n) is 13.9. The number of hydrogen-bond donors (Lipinski definition) is 2. The van der Waals surface area contributed by atoms with Crippen LogP contribution in [0.2, 0.25) is 5.15 Å². The van der Waals surface area contributed by atoms with E-state index in [1.54, 1.807) is 66.0 Å². The van der Waals surface area contributed by atoms with Crippen LogP contribution in [-0.4, -0.2) is 28.1 Å². The van der Waals surface area contributed by atoms with Crippen molar-refractivity contribution in [3.63, 3.8) is 0 Å². The second-order valence-electron chi connectivity index (χ2n) is 10.2. The number of aromatic nitrogens is 2. The normalized spacial score (nSPS) is 14.4. The number of rotatable bonds is 7. The molecule has 222 valence electrons. The molecule has 0 aliphatic carbocycles. The maximum Gasteiger partial charge on any atom is 0.333 e. The predicted octanol–water partition coefficient (Wildman–Crippen LogP) is 6.12. The molecule has 3 aromatic carbocycles. The lowest BCUT2D eigenvalue weighted by atomic mass is 9.91. The number of fused-ring (bicyclic) bond motifs is 1. The number of halogens is 2. The number of anilines is 2.